The Bertz CT molecular complexity index is 540. The van der Waals surface area contributed by atoms with Crippen molar-refractivity contribution in [1.29, 1.82) is 0 Å². The van der Waals surface area contributed by atoms with Gasteiger partial charge in [0.05, 0.1) is 24.9 Å². The monoisotopic (exact) mass is 298 g/mol. The zero-order chi connectivity index (χ0) is 16.0. The first kappa shape index (κ1) is 16.5. The Hall–Kier alpha value is -2.58. The number of carboxylic acids is 1. The molecule has 21 heavy (non-hydrogen) atoms. The summed E-state index contributed by atoms with van der Waals surface area (Å²) in [7, 11) is 2.85. The molecule has 3 N–H and O–H groups in total. The molecule has 0 bridgehead atoms. The molecule has 0 aliphatic carbocycles. The number of aromatic nitrogens is 2. The molecule has 0 fully saturated rings. The van der Waals surface area contributed by atoms with Crippen LogP contribution in [0.15, 0.2) is 6.20 Å². The lowest BCUT2D eigenvalue weighted by Crippen LogP contribution is -2.44. The highest BCUT2D eigenvalue weighted by Gasteiger charge is 2.24. The molecule has 2 amide bonds. The molecule has 0 aliphatic heterocycles. The van der Waals surface area contributed by atoms with Gasteiger partial charge in [-0.3, -0.25) is 9.48 Å². The number of amides is 2. The fourth-order valence-electron chi connectivity index (χ4n) is 1.67. The van der Waals surface area contributed by atoms with Gasteiger partial charge in [0.15, 0.2) is 0 Å². The van der Waals surface area contributed by atoms with Crippen LogP contribution in [0.5, 0.6) is 0 Å². The summed E-state index contributed by atoms with van der Waals surface area (Å²) in [5, 5.41) is 17.8. The number of rotatable bonds is 6. The van der Waals surface area contributed by atoms with E-state index in [1.165, 1.54) is 4.68 Å². The Labute approximate surface area is 121 Å². The summed E-state index contributed by atoms with van der Waals surface area (Å²) in [6.45, 7) is 1.88. The van der Waals surface area contributed by atoms with Crippen LogP contribution in [0.25, 0.3) is 0 Å². The lowest BCUT2D eigenvalue weighted by Gasteiger charge is -2.13. The van der Waals surface area contributed by atoms with Crippen LogP contribution in [0.2, 0.25) is 0 Å². The van der Waals surface area contributed by atoms with Crippen molar-refractivity contribution >= 4 is 23.7 Å². The number of aliphatic carboxylic acids is 1. The highest BCUT2D eigenvalue weighted by atomic mass is 16.5. The molecular formula is C12H18N4O5. The van der Waals surface area contributed by atoms with Crippen molar-refractivity contribution in [3.8, 4) is 0 Å². The Balaban J connectivity index is 2.69. The van der Waals surface area contributed by atoms with Gasteiger partial charge in [-0.2, -0.15) is 5.10 Å². The maximum atomic E-state index is 11.8. The minimum atomic E-state index is -1.36. The first-order chi connectivity index (χ1) is 9.87. The zero-order valence-electron chi connectivity index (χ0n) is 12.0. The number of carbonyl (C=O) groups excluding carboxylic acids is 2. The van der Waals surface area contributed by atoms with Crippen molar-refractivity contribution in [1.82, 2.24) is 15.1 Å². The summed E-state index contributed by atoms with van der Waals surface area (Å²) in [6.07, 6.45) is 1.77. The zero-order valence-corrected chi connectivity index (χ0v) is 12.0. The number of methoxy groups -OCH3 is 1. The van der Waals surface area contributed by atoms with Crippen LogP contribution >= 0.6 is 0 Å². The molecule has 0 saturated heterocycles. The second-order valence-electron chi connectivity index (χ2n) is 4.29. The van der Waals surface area contributed by atoms with Gasteiger partial charge in [-0.05, 0) is 6.42 Å². The van der Waals surface area contributed by atoms with Crippen LogP contribution in [-0.2, 0) is 27.8 Å². The van der Waals surface area contributed by atoms with Gasteiger partial charge in [0.1, 0.15) is 6.04 Å². The molecule has 0 aliphatic rings. The Kier molecular flexibility index (Phi) is 5.70. The summed E-state index contributed by atoms with van der Waals surface area (Å²) >= 11 is 0. The van der Waals surface area contributed by atoms with Gasteiger partial charge < -0.3 is 20.5 Å². The van der Waals surface area contributed by atoms with Gasteiger partial charge in [0.2, 0.25) is 0 Å². The number of ether oxygens (including phenoxy) is 1. The smallest absolute Gasteiger partial charge is 0.326 e. The predicted molar refractivity (Wildman–Crippen MR) is 72.8 cm³/mol. The number of nitrogens with zero attached hydrogens (tertiary/aromatic N) is 2. The highest BCUT2D eigenvalue weighted by molar-refractivity contribution is 5.93. The normalized spacial score (nSPS) is 11.6. The molecule has 1 aromatic heterocycles. The van der Waals surface area contributed by atoms with E-state index in [1.54, 1.807) is 13.2 Å². The lowest BCUT2D eigenvalue weighted by atomic mass is 10.2. The van der Waals surface area contributed by atoms with Crippen LogP contribution in [0, 0.1) is 0 Å². The molecule has 0 spiro atoms. The molecule has 0 radical (unpaired) electrons. The van der Waals surface area contributed by atoms with Gasteiger partial charge in [-0.25, -0.2) is 9.59 Å². The molecule has 1 rings (SSSR count). The van der Waals surface area contributed by atoms with E-state index in [0.717, 1.165) is 7.11 Å². The maximum Gasteiger partial charge on any atom is 0.326 e. The van der Waals surface area contributed by atoms with Crippen molar-refractivity contribution in [2.75, 3.05) is 12.4 Å². The van der Waals surface area contributed by atoms with Crippen molar-refractivity contribution in [2.24, 2.45) is 7.05 Å². The lowest BCUT2D eigenvalue weighted by molar-refractivity contribution is -0.147. The fourth-order valence-corrected chi connectivity index (χ4v) is 1.67. The standard InChI is InChI=1S/C12H18N4O5/c1-4-7-9(6-16(2)15-7)14-12(20)13-8(11(18)19)5-10(17)21-3/h6,8H,4-5H2,1-3H3,(H,18,19)(H2,13,14,20)/t8-/m0/s1. The van der Waals surface area contributed by atoms with Crippen LogP contribution in [0.4, 0.5) is 10.5 Å². The second kappa shape index (κ2) is 7.27. The average Bonchev–Trinajstić information content (AvgIpc) is 2.77. The number of carbonyl (C=O) groups is 3. The van der Waals surface area contributed by atoms with E-state index in [2.05, 4.69) is 20.5 Å². The molecule has 9 heteroatoms. The Morgan fingerprint density at radius 3 is 2.67 bits per heavy atom. The Morgan fingerprint density at radius 1 is 1.48 bits per heavy atom. The third-order valence-electron chi connectivity index (χ3n) is 2.69. The maximum absolute atomic E-state index is 11.8. The number of urea groups is 1. The van der Waals surface area contributed by atoms with Gasteiger partial charge in [0.25, 0.3) is 0 Å². The summed E-state index contributed by atoms with van der Waals surface area (Å²) in [5.74, 6) is -2.05. The molecule has 0 unspecified atom stereocenters. The minimum Gasteiger partial charge on any atom is -0.480 e. The van der Waals surface area contributed by atoms with Gasteiger partial charge in [-0.15, -0.1) is 0 Å². The summed E-state index contributed by atoms with van der Waals surface area (Å²) in [5.41, 5.74) is 1.16. The van der Waals surface area contributed by atoms with E-state index in [4.69, 9.17) is 5.11 Å². The number of hydrogen-bond acceptors (Lipinski definition) is 5. The summed E-state index contributed by atoms with van der Waals surface area (Å²) < 4.78 is 5.92. The predicted octanol–water partition coefficient (Wildman–Crippen LogP) is 0.120. The third kappa shape index (κ3) is 4.79. The van der Waals surface area contributed by atoms with E-state index in [0.29, 0.717) is 17.8 Å². The van der Waals surface area contributed by atoms with Crippen LogP contribution in [-0.4, -0.2) is 46.0 Å². The largest absolute Gasteiger partial charge is 0.480 e. The second-order valence-corrected chi connectivity index (χ2v) is 4.29. The average molecular weight is 298 g/mol. The summed E-state index contributed by atoms with van der Waals surface area (Å²) in [4.78, 5) is 33.9. The molecule has 116 valence electrons. The van der Waals surface area contributed by atoms with Gasteiger partial charge in [0, 0.05) is 13.2 Å². The number of carboxylic acid groups (broad SMARTS) is 1. The van der Waals surface area contributed by atoms with Gasteiger partial charge >= 0.3 is 18.0 Å². The molecule has 9 nitrogen and oxygen atoms in total. The van der Waals surface area contributed by atoms with E-state index in [9.17, 15) is 14.4 Å². The fraction of sp³-hybridized carbons (Fsp3) is 0.500. The molecular weight excluding hydrogens is 280 g/mol. The highest BCUT2D eigenvalue weighted by Crippen LogP contribution is 2.13. The molecule has 1 atom stereocenters. The molecule has 0 saturated carbocycles. The van der Waals surface area contributed by atoms with Crippen LogP contribution < -0.4 is 10.6 Å². The first-order valence-corrected chi connectivity index (χ1v) is 6.27. The van der Waals surface area contributed by atoms with Crippen molar-refractivity contribution in [3.63, 3.8) is 0 Å². The number of anilines is 1. The van der Waals surface area contributed by atoms with Crippen LogP contribution in [0.1, 0.15) is 19.0 Å². The number of esters is 1. The third-order valence-corrected chi connectivity index (χ3v) is 2.69. The van der Waals surface area contributed by atoms with Crippen molar-refractivity contribution < 1.29 is 24.2 Å². The van der Waals surface area contributed by atoms with Crippen LogP contribution in [0.3, 0.4) is 0 Å². The molecule has 1 aromatic rings. The quantitative estimate of drug-likeness (QED) is 0.641. The Morgan fingerprint density at radius 2 is 2.14 bits per heavy atom. The number of hydrogen-bond donors (Lipinski definition) is 3. The summed E-state index contributed by atoms with van der Waals surface area (Å²) in [6, 6.07) is -2.09. The van der Waals surface area contributed by atoms with Crippen molar-refractivity contribution in [3.05, 3.63) is 11.9 Å². The van der Waals surface area contributed by atoms with E-state index in [1.807, 2.05) is 6.92 Å². The van der Waals surface area contributed by atoms with Crippen molar-refractivity contribution in [2.45, 2.75) is 25.8 Å². The van der Waals surface area contributed by atoms with E-state index < -0.39 is 30.4 Å². The van der Waals surface area contributed by atoms with E-state index >= 15 is 0 Å². The number of aryl methyl sites for hydroxylation is 2. The van der Waals surface area contributed by atoms with E-state index in [-0.39, 0.29) is 0 Å². The minimum absolute atomic E-state index is 0.451. The first-order valence-electron chi connectivity index (χ1n) is 6.27. The number of nitrogens with one attached hydrogen (secondary N) is 2. The molecule has 1 heterocycles. The topological polar surface area (TPSA) is 123 Å². The molecule has 0 aromatic carbocycles. The SMILES string of the molecule is CCc1nn(C)cc1NC(=O)N[C@@H](CC(=O)OC)C(=O)O. The van der Waals surface area contributed by atoms with Gasteiger partial charge in [-0.1, -0.05) is 6.92 Å².